The Morgan fingerprint density at radius 2 is 1.83 bits per heavy atom. The number of para-hydroxylation sites is 1. The minimum absolute atomic E-state index is 0.0593. The van der Waals surface area contributed by atoms with Crippen molar-refractivity contribution in [1.82, 2.24) is 15.0 Å². The molecule has 0 fully saturated rings. The molecule has 7 nitrogen and oxygen atoms in total. The van der Waals surface area contributed by atoms with Crippen molar-refractivity contribution in [3.63, 3.8) is 0 Å². The predicted octanol–water partition coefficient (Wildman–Crippen LogP) is 3.94. The second-order valence-corrected chi connectivity index (χ2v) is 7.46. The molecule has 3 rings (SSSR count). The average Bonchev–Trinajstić information content (AvgIpc) is 2.70. The van der Waals surface area contributed by atoms with E-state index in [-0.39, 0.29) is 11.9 Å². The fourth-order valence-corrected chi connectivity index (χ4v) is 3.37. The van der Waals surface area contributed by atoms with Gasteiger partial charge < -0.3 is 16.4 Å². The summed E-state index contributed by atoms with van der Waals surface area (Å²) in [6.07, 6.45) is 0.866. The van der Waals surface area contributed by atoms with Crippen LogP contribution in [0.2, 0.25) is 0 Å². The van der Waals surface area contributed by atoms with E-state index >= 15 is 0 Å². The number of aryl methyl sites for hydroxylation is 2. The quantitative estimate of drug-likeness (QED) is 0.518. The van der Waals surface area contributed by atoms with E-state index in [2.05, 4.69) is 32.5 Å². The van der Waals surface area contributed by atoms with Crippen molar-refractivity contribution in [3.05, 3.63) is 65.5 Å². The van der Waals surface area contributed by atoms with E-state index in [4.69, 9.17) is 5.73 Å². The van der Waals surface area contributed by atoms with Gasteiger partial charge in [-0.25, -0.2) is 0 Å². The minimum atomic E-state index is -0.0593. The second kappa shape index (κ2) is 9.88. The van der Waals surface area contributed by atoms with E-state index in [1.165, 1.54) is 17.3 Å². The molecule has 0 bridgehead atoms. The molecular formula is C21H24N6OS. The smallest absolute Gasteiger partial charge is 0.234 e. The van der Waals surface area contributed by atoms with Crippen LogP contribution >= 0.6 is 11.8 Å². The minimum Gasteiger partial charge on any atom is -0.368 e. The van der Waals surface area contributed by atoms with Crippen molar-refractivity contribution in [2.24, 2.45) is 0 Å². The van der Waals surface area contributed by atoms with Crippen LogP contribution in [0, 0.1) is 6.92 Å². The van der Waals surface area contributed by atoms with Crippen molar-refractivity contribution in [3.8, 4) is 0 Å². The zero-order chi connectivity index (χ0) is 20.6. The molecule has 0 saturated heterocycles. The third-order valence-corrected chi connectivity index (χ3v) is 5.07. The van der Waals surface area contributed by atoms with Gasteiger partial charge in [-0.2, -0.15) is 15.0 Å². The number of rotatable bonds is 8. The standard InChI is InChI=1S/C21H24N6OS/c1-3-15-6-4-5-7-17(15)24-19(28)13-29-12-18-25-20(22)27-21(26-18)23-16-10-8-14(2)9-11-16/h4-11H,3,12-13H2,1-2H3,(H,24,28)(H3,22,23,25,26,27). The number of benzene rings is 2. The van der Waals surface area contributed by atoms with Crippen LogP contribution in [0.5, 0.6) is 0 Å². The van der Waals surface area contributed by atoms with Gasteiger partial charge in [0.1, 0.15) is 5.82 Å². The van der Waals surface area contributed by atoms with Gasteiger partial charge in [0.25, 0.3) is 0 Å². The summed E-state index contributed by atoms with van der Waals surface area (Å²) < 4.78 is 0. The Labute approximate surface area is 174 Å². The number of anilines is 4. The van der Waals surface area contributed by atoms with Crippen molar-refractivity contribution < 1.29 is 4.79 Å². The second-order valence-electron chi connectivity index (χ2n) is 6.48. The van der Waals surface area contributed by atoms with E-state index in [9.17, 15) is 4.79 Å². The summed E-state index contributed by atoms with van der Waals surface area (Å²) in [7, 11) is 0. The van der Waals surface area contributed by atoms with Gasteiger partial charge in [0.15, 0.2) is 0 Å². The van der Waals surface area contributed by atoms with E-state index in [1.54, 1.807) is 0 Å². The molecule has 29 heavy (non-hydrogen) atoms. The molecule has 8 heteroatoms. The molecule has 2 aromatic carbocycles. The first-order valence-corrected chi connectivity index (χ1v) is 10.5. The normalized spacial score (nSPS) is 10.6. The van der Waals surface area contributed by atoms with Crippen LogP contribution in [-0.4, -0.2) is 26.6 Å². The van der Waals surface area contributed by atoms with Gasteiger partial charge in [-0.3, -0.25) is 4.79 Å². The van der Waals surface area contributed by atoms with E-state index in [0.29, 0.717) is 23.3 Å². The molecule has 0 aliphatic heterocycles. The highest BCUT2D eigenvalue weighted by molar-refractivity contribution is 7.99. The number of hydrogen-bond donors (Lipinski definition) is 3. The fourth-order valence-electron chi connectivity index (χ4n) is 2.70. The molecule has 4 N–H and O–H groups in total. The first-order chi connectivity index (χ1) is 14.0. The number of aromatic nitrogens is 3. The lowest BCUT2D eigenvalue weighted by molar-refractivity contribution is -0.113. The highest BCUT2D eigenvalue weighted by atomic mass is 32.2. The number of nitrogen functional groups attached to an aromatic ring is 1. The Morgan fingerprint density at radius 1 is 1.07 bits per heavy atom. The fraction of sp³-hybridized carbons (Fsp3) is 0.238. The maximum atomic E-state index is 12.3. The van der Waals surface area contributed by atoms with Crippen LogP contribution in [0.4, 0.5) is 23.3 Å². The number of nitrogens with two attached hydrogens (primary N) is 1. The summed E-state index contributed by atoms with van der Waals surface area (Å²) in [5.41, 5.74) is 9.82. The Bertz CT molecular complexity index is 977. The van der Waals surface area contributed by atoms with Crippen LogP contribution in [0.25, 0.3) is 0 Å². The van der Waals surface area contributed by atoms with E-state index in [1.807, 2.05) is 55.5 Å². The van der Waals surface area contributed by atoms with Crippen LogP contribution in [-0.2, 0) is 17.0 Å². The summed E-state index contributed by atoms with van der Waals surface area (Å²) in [6.45, 7) is 4.09. The van der Waals surface area contributed by atoms with Crippen molar-refractivity contribution in [1.29, 1.82) is 0 Å². The van der Waals surface area contributed by atoms with Gasteiger partial charge >= 0.3 is 0 Å². The van der Waals surface area contributed by atoms with Crippen LogP contribution in [0.1, 0.15) is 23.9 Å². The number of amides is 1. The Morgan fingerprint density at radius 3 is 2.59 bits per heavy atom. The lowest BCUT2D eigenvalue weighted by Gasteiger charge is -2.10. The van der Waals surface area contributed by atoms with E-state index in [0.717, 1.165) is 23.4 Å². The molecule has 0 aliphatic carbocycles. The Balaban J connectivity index is 1.55. The SMILES string of the molecule is CCc1ccccc1NC(=O)CSCc1nc(N)nc(Nc2ccc(C)cc2)n1. The molecule has 0 saturated carbocycles. The van der Waals surface area contributed by atoms with Gasteiger partial charge in [0, 0.05) is 11.4 Å². The maximum Gasteiger partial charge on any atom is 0.234 e. The first-order valence-electron chi connectivity index (χ1n) is 9.33. The highest BCUT2D eigenvalue weighted by Crippen LogP contribution is 2.18. The lowest BCUT2D eigenvalue weighted by Crippen LogP contribution is -2.15. The van der Waals surface area contributed by atoms with Crippen LogP contribution < -0.4 is 16.4 Å². The molecular weight excluding hydrogens is 384 g/mol. The number of carbonyl (C=O) groups excluding carboxylic acids is 1. The van der Waals surface area contributed by atoms with Crippen molar-refractivity contribution >= 4 is 40.9 Å². The number of thioether (sulfide) groups is 1. The van der Waals surface area contributed by atoms with Gasteiger partial charge in [-0.15, -0.1) is 11.8 Å². The summed E-state index contributed by atoms with van der Waals surface area (Å²) >= 11 is 1.42. The molecule has 0 unspecified atom stereocenters. The van der Waals surface area contributed by atoms with Gasteiger partial charge in [-0.1, -0.05) is 42.8 Å². The molecule has 1 amide bonds. The molecule has 0 aliphatic rings. The summed E-state index contributed by atoms with van der Waals surface area (Å²) in [4.78, 5) is 24.9. The Kier molecular flexibility index (Phi) is 7.02. The maximum absolute atomic E-state index is 12.3. The number of carbonyl (C=O) groups is 1. The van der Waals surface area contributed by atoms with Crippen molar-refractivity contribution in [2.45, 2.75) is 26.0 Å². The third kappa shape index (κ3) is 6.18. The molecule has 1 heterocycles. The summed E-state index contributed by atoms with van der Waals surface area (Å²) in [5, 5.41) is 6.08. The summed E-state index contributed by atoms with van der Waals surface area (Å²) in [5.74, 6) is 1.75. The van der Waals surface area contributed by atoms with Crippen LogP contribution in [0.3, 0.4) is 0 Å². The predicted molar refractivity (Wildman–Crippen MR) is 119 cm³/mol. The number of nitrogens with zero attached hydrogens (tertiary/aromatic N) is 3. The lowest BCUT2D eigenvalue weighted by atomic mass is 10.1. The topological polar surface area (TPSA) is 106 Å². The summed E-state index contributed by atoms with van der Waals surface area (Å²) in [6, 6.07) is 15.7. The molecule has 0 atom stereocenters. The molecule has 0 radical (unpaired) electrons. The Hall–Kier alpha value is -3.13. The molecule has 150 valence electrons. The zero-order valence-corrected chi connectivity index (χ0v) is 17.3. The highest BCUT2D eigenvalue weighted by Gasteiger charge is 2.09. The zero-order valence-electron chi connectivity index (χ0n) is 16.5. The van der Waals surface area contributed by atoms with E-state index < -0.39 is 0 Å². The van der Waals surface area contributed by atoms with Gasteiger partial charge in [0.2, 0.25) is 17.8 Å². The van der Waals surface area contributed by atoms with Crippen molar-refractivity contribution in [2.75, 3.05) is 22.1 Å². The first kappa shape index (κ1) is 20.6. The average molecular weight is 409 g/mol. The van der Waals surface area contributed by atoms with Crippen LogP contribution in [0.15, 0.2) is 48.5 Å². The monoisotopic (exact) mass is 408 g/mol. The number of hydrogen-bond acceptors (Lipinski definition) is 7. The van der Waals surface area contributed by atoms with Gasteiger partial charge in [0.05, 0.1) is 11.5 Å². The number of nitrogens with one attached hydrogen (secondary N) is 2. The van der Waals surface area contributed by atoms with Gasteiger partial charge in [-0.05, 0) is 37.1 Å². The third-order valence-electron chi connectivity index (χ3n) is 4.14. The molecule has 1 aromatic heterocycles. The largest absolute Gasteiger partial charge is 0.368 e. The molecule has 0 spiro atoms. The molecule has 3 aromatic rings.